The molecule has 0 atom stereocenters. The van der Waals surface area contributed by atoms with Crippen molar-refractivity contribution in [2.75, 3.05) is 0 Å². The molecule has 1 rings (SSSR count). The smallest absolute Gasteiger partial charge is 0.0991 e. The highest BCUT2D eigenvalue weighted by Crippen LogP contribution is 2.07. The van der Waals surface area contributed by atoms with Gasteiger partial charge in [0.2, 0.25) is 0 Å². The SMILES string of the molecule is N#Cc1cccc(C(=S)S)c1. The van der Waals surface area contributed by atoms with Gasteiger partial charge in [-0.05, 0) is 17.7 Å². The van der Waals surface area contributed by atoms with Gasteiger partial charge >= 0.3 is 0 Å². The fourth-order valence-corrected chi connectivity index (χ4v) is 0.988. The summed E-state index contributed by atoms with van der Waals surface area (Å²) in [4.78, 5) is 0. The average molecular weight is 179 g/mol. The lowest BCUT2D eigenvalue weighted by atomic mass is 10.2. The minimum atomic E-state index is 0.516. The molecule has 11 heavy (non-hydrogen) atoms. The predicted octanol–water partition coefficient (Wildman–Crippen LogP) is 2.16. The molecule has 0 aliphatic heterocycles. The summed E-state index contributed by atoms with van der Waals surface area (Å²) in [6, 6.07) is 9.10. The van der Waals surface area contributed by atoms with Gasteiger partial charge in [0.25, 0.3) is 0 Å². The number of rotatable bonds is 1. The van der Waals surface area contributed by atoms with Crippen molar-refractivity contribution in [3.05, 3.63) is 35.4 Å². The molecule has 0 heterocycles. The van der Waals surface area contributed by atoms with Gasteiger partial charge in [-0.25, -0.2) is 0 Å². The van der Waals surface area contributed by atoms with Gasteiger partial charge in [0.15, 0.2) is 0 Å². The molecule has 0 amide bonds. The van der Waals surface area contributed by atoms with Crippen LogP contribution in [0, 0.1) is 11.3 Å². The maximum Gasteiger partial charge on any atom is 0.0991 e. The Bertz CT molecular complexity index is 325. The third kappa shape index (κ3) is 2.04. The first-order valence-electron chi connectivity index (χ1n) is 2.97. The zero-order valence-corrected chi connectivity index (χ0v) is 7.32. The van der Waals surface area contributed by atoms with Gasteiger partial charge in [0.1, 0.15) is 0 Å². The van der Waals surface area contributed by atoms with Crippen LogP contribution in [0.5, 0.6) is 0 Å². The van der Waals surface area contributed by atoms with Gasteiger partial charge in [0.05, 0.1) is 15.8 Å². The third-order valence-corrected chi connectivity index (χ3v) is 1.73. The van der Waals surface area contributed by atoms with Gasteiger partial charge in [-0.2, -0.15) is 5.26 Å². The van der Waals surface area contributed by atoms with E-state index >= 15 is 0 Å². The van der Waals surface area contributed by atoms with E-state index < -0.39 is 0 Å². The minimum Gasteiger partial charge on any atom is -0.192 e. The third-order valence-electron chi connectivity index (χ3n) is 1.24. The first-order chi connectivity index (χ1) is 5.24. The summed E-state index contributed by atoms with van der Waals surface area (Å²) in [5.74, 6) is 0. The van der Waals surface area contributed by atoms with Crippen molar-refractivity contribution < 1.29 is 0 Å². The maximum absolute atomic E-state index is 8.53. The van der Waals surface area contributed by atoms with E-state index in [-0.39, 0.29) is 0 Å². The van der Waals surface area contributed by atoms with Crippen molar-refractivity contribution in [3.8, 4) is 6.07 Å². The van der Waals surface area contributed by atoms with Crippen molar-refractivity contribution >= 4 is 29.0 Å². The van der Waals surface area contributed by atoms with Crippen LogP contribution in [0.1, 0.15) is 11.1 Å². The molecule has 0 N–H and O–H groups in total. The molecule has 0 aliphatic rings. The molecular formula is C8H5NS2. The summed E-state index contributed by atoms with van der Waals surface area (Å²) >= 11 is 8.82. The second kappa shape index (κ2) is 3.51. The van der Waals surface area contributed by atoms with Crippen molar-refractivity contribution in [3.63, 3.8) is 0 Å². The number of hydrogen-bond donors (Lipinski definition) is 1. The Balaban J connectivity index is 3.13. The largest absolute Gasteiger partial charge is 0.192 e. The normalized spacial score (nSPS) is 8.73. The first-order valence-corrected chi connectivity index (χ1v) is 3.83. The van der Waals surface area contributed by atoms with Crippen LogP contribution in [0.15, 0.2) is 24.3 Å². The summed E-state index contributed by atoms with van der Waals surface area (Å²) in [6.07, 6.45) is 0. The lowest BCUT2D eigenvalue weighted by molar-refractivity contribution is 1.48. The highest BCUT2D eigenvalue weighted by molar-refractivity contribution is 8.11. The average Bonchev–Trinajstić information content (AvgIpc) is 2.05. The molecule has 54 valence electrons. The highest BCUT2D eigenvalue weighted by atomic mass is 32.1. The van der Waals surface area contributed by atoms with Crippen LogP contribution in [-0.2, 0) is 0 Å². The summed E-state index contributed by atoms with van der Waals surface area (Å²) in [5.41, 5.74) is 1.43. The molecule has 1 nitrogen and oxygen atoms in total. The molecule has 0 spiro atoms. The Morgan fingerprint density at radius 2 is 2.27 bits per heavy atom. The Morgan fingerprint density at radius 1 is 1.55 bits per heavy atom. The van der Waals surface area contributed by atoms with E-state index in [1.54, 1.807) is 18.2 Å². The van der Waals surface area contributed by atoms with Crippen molar-refractivity contribution in [2.24, 2.45) is 0 Å². The quantitative estimate of drug-likeness (QED) is 0.527. The molecule has 0 aromatic heterocycles. The van der Waals surface area contributed by atoms with E-state index in [9.17, 15) is 0 Å². The van der Waals surface area contributed by atoms with Gasteiger partial charge in [-0.15, -0.1) is 12.6 Å². The van der Waals surface area contributed by atoms with E-state index in [0.717, 1.165) is 5.56 Å². The fourth-order valence-electron chi connectivity index (χ4n) is 0.722. The number of benzene rings is 1. The Kier molecular flexibility index (Phi) is 2.64. The monoisotopic (exact) mass is 179 g/mol. The zero-order chi connectivity index (χ0) is 8.27. The molecule has 0 saturated heterocycles. The standard InChI is InChI=1S/C8H5NS2/c9-5-6-2-1-3-7(4-6)8(10)11/h1-4H,(H,10,11). The molecule has 3 heteroatoms. The second-order valence-electron chi connectivity index (χ2n) is 2.00. The molecular weight excluding hydrogens is 174 g/mol. The number of nitrogens with zero attached hydrogens (tertiary/aromatic N) is 1. The molecule has 0 unspecified atom stereocenters. The van der Waals surface area contributed by atoms with Gasteiger partial charge in [-0.1, -0.05) is 24.4 Å². The molecule has 0 aliphatic carbocycles. The van der Waals surface area contributed by atoms with Crippen LogP contribution in [0.2, 0.25) is 0 Å². The second-order valence-corrected chi connectivity index (χ2v) is 3.16. The minimum absolute atomic E-state index is 0.516. The lowest BCUT2D eigenvalue weighted by Crippen LogP contribution is -1.86. The van der Waals surface area contributed by atoms with E-state index in [1.165, 1.54) is 0 Å². The van der Waals surface area contributed by atoms with Crippen LogP contribution < -0.4 is 0 Å². The number of thiocarbonyl (C=S) groups is 1. The van der Waals surface area contributed by atoms with E-state index in [0.29, 0.717) is 9.76 Å². The van der Waals surface area contributed by atoms with Gasteiger partial charge in [-0.3, -0.25) is 0 Å². The zero-order valence-electron chi connectivity index (χ0n) is 5.61. The summed E-state index contributed by atoms with van der Waals surface area (Å²) in [5, 5.41) is 8.53. The molecule has 0 radical (unpaired) electrons. The lowest BCUT2D eigenvalue weighted by Gasteiger charge is -1.95. The Labute approximate surface area is 76.1 Å². The predicted molar refractivity (Wildman–Crippen MR) is 51.8 cm³/mol. The van der Waals surface area contributed by atoms with Gasteiger partial charge in [0, 0.05) is 0 Å². The van der Waals surface area contributed by atoms with Crippen LogP contribution in [0.25, 0.3) is 0 Å². The fraction of sp³-hybridized carbons (Fsp3) is 0. The topological polar surface area (TPSA) is 23.8 Å². The first kappa shape index (κ1) is 8.25. The van der Waals surface area contributed by atoms with Crippen molar-refractivity contribution in [2.45, 2.75) is 0 Å². The number of nitriles is 1. The maximum atomic E-state index is 8.53. The molecule has 1 aromatic rings. The summed E-state index contributed by atoms with van der Waals surface area (Å²) < 4.78 is 0.516. The molecule has 0 fully saturated rings. The summed E-state index contributed by atoms with van der Waals surface area (Å²) in [6.45, 7) is 0. The van der Waals surface area contributed by atoms with E-state index in [1.807, 2.05) is 12.1 Å². The Hall–Kier alpha value is -0.850. The van der Waals surface area contributed by atoms with Crippen LogP contribution in [0.4, 0.5) is 0 Å². The van der Waals surface area contributed by atoms with E-state index in [2.05, 4.69) is 12.6 Å². The molecule has 1 aromatic carbocycles. The van der Waals surface area contributed by atoms with E-state index in [4.69, 9.17) is 17.5 Å². The van der Waals surface area contributed by atoms with Crippen molar-refractivity contribution in [1.29, 1.82) is 5.26 Å². The Morgan fingerprint density at radius 3 is 2.82 bits per heavy atom. The summed E-state index contributed by atoms with van der Waals surface area (Å²) in [7, 11) is 0. The van der Waals surface area contributed by atoms with Gasteiger partial charge < -0.3 is 0 Å². The molecule has 0 bridgehead atoms. The van der Waals surface area contributed by atoms with Crippen molar-refractivity contribution in [1.82, 2.24) is 0 Å². The van der Waals surface area contributed by atoms with Crippen LogP contribution in [0.3, 0.4) is 0 Å². The highest BCUT2D eigenvalue weighted by Gasteiger charge is 1.95. The number of hydrogen-bond acceptors (Lipinski definition) is 2. The number of thiol groups is 1. The van der Waals surface area contributed by atoms with Crippen LogP contribution >= 0.6 is 24.8 Å². The molecule has 0 saturated carbocycles. The van der Waals surface area contributed by atoms with Crippen LogP contribution in [-0.4, -0.2) is 4.20 Å².